The summed E-state index contributed by atoms with van der Waals surface area (Å²) in [5.74, 6) is 0.819. The summed E-state index contributed by atoms with van der Waals surface area (Å²) >= 11 is 12.1. The Morgan fingerprint density at radius 3 is 2.89 bits per heavy atom. The van der Waals surface area contributed by atoms with Crippen molar-refractivity contribution in [2.75, 3.05) is 18.0 Å². The third-order valence-electron chi connectivity index (χ3n) is 3.95. The second-order valence-electron chi connectivity index (χ2n) is 5.11. The summed E-state index contributed by atoms with van der Waals surface area (Å²) in [6.45, 7) is 3.58. The number of halogens is 2. The van der Waals surface area contributed by atoms with Gasteiger partial charge in [0.05, 0.1) is 10.0 Å². The molecule has 1 aromatic rings. The second-order valence-corrected chi connectivity index (χ2v) is 5.96. The molecular formula is C13H15Cl2N3O. The highest BCUT2D eigenvalue weighted by Crippen LogP contribution is 2.33. The highest BCUT2D eigenvalue weighted by molar-refractivity contribution is 6.36. The molecule has 0 aliphatic carbocycles. The number of aromatic nitrogens is 1. The largest absolute Gasteiger partial charge is 0.342 e. The molecule has 0 unspecified atom stereocenters. The summed E-state index contributed by atoms with van der Waals surface area (Å²) in [5, 5.41) is 1.01. The molecule has 4 nitrogen and oxygen atoms in total. The summed E-state index contributed by atoms with van der Waals surface area (Å²) < 4.78 is 0. The van der Waals surface area contributed by atoms with Gasteiger partial charge in [0.25, 0.3) is 0 Å². The van der Waals surface area contributed by atoms with Gasteiger partial charge in [-0.15, -0.1) is 0 Å². The van der Waals surface area contributed by atoms with Crippen molar-refractivity contribution in [3.05, 3.63) is 22.3 Å². The topological polar surface area (TPSA) is 36.4 Å². The normalized spacial score (nSPS) is 26.8. The van der Waals surface area contributed by atoms with Gasteiger partial charge in [-0.1, -0.05) is 23.2 Å². The van der Waals surface area contributed by atoms with Crippen LogP contribution in [0.4, 0.5) is 5.82 Å². The lowest BCUT2D eigenvalue weighted by molar-refractivity contribution is -0.134. The molecule has 0 aromatic carbocycles. The Morgan fingerprint density at radius 1 is 1.37 bits per heavy atom. The predicted molar refractivity (Wildman–Crippen MR) is 75.8 cm³/mol. The number of fused-ring (bicyclic) bond motifs is 1. The zero-order valence-corrected chi connectivity index (χ0v) is 12.2. The molecule has 0 radical (unpaired) electrons. The van der Waals surface area contributed by atoms with Crippen molar-refractivity contribution in [1.29, 1.82) is 0 Å². The fourth-order valence-corrected chi connectivity index (χ4v) is 3.45. The molecule has 2 aliphatic rings. The molecule has 0 N–H and O–H groups in total. The number of carbonyl (C=O) groups is 1. The molecule has 2 aliphatic heterocycles. The van der Waals surface area contributed by atoms with Crippen LogP contribution in [0, 0.1) is 0 Å². The molecule has 2 fully saturated rings. The minimum absolute atomic E-state index is 0.168. The third kappa shape index (κ3) is 2.17. The Balaban J connectivity index is 1.93. The number of pyridine rings is 1. The number of piperazine rings is 1. The average Bonchev–Trinajstić information content (AvgIpc) is 2.83. The summed E-state index contributed by atoms with van der Waals surface area (Å²) in [7, 11) is 0. The minimum atomic E-state index is -0.222. The number of hydrogen-bond donors (Lipinski definition) is 0. The monoisotopic (exact) mass is 299 g/mol. The van der Waals surface area contributed by atoms with Gasteiger partial charge in [-0.2, -0.15) is 0 Å². The first-order valence-electron chi connectivity index (χ1n) is 6.46. The molecule has 3 heterocycles. The molecule has 2 saturated heterocycles. The molecule has 1 aromatic heterocycles. The average molecular weight is 300 g/mol. The zero-order chi connectivity index (χ0) is 13.6. The molecule has 3 rings (SSSR count). The lowest BCUT2D eigenvalue weighted by Gasteiger charge is -2.42. The fourth-order valence-electron chi connectivity index (χ4n) is 2.96. The number of rotatable bonds is 1. The van der Waals surface area contributed by atoms with E-state index in [9.17, 15) is 4.79 Å². The number of anilines is 1. The van der Waals surface area contributed by atoms with Crippen LogP contribution in [0.2, 0.25) is 10.0 Å². The summed E-state index contributed by atoms with van der Waals surface area (Å²) in [4.78, 5) is 20.6. The van der Waals surface area contributed by atoms with Gasteiger partial charge in [-0.3, -0.25) is 4.79 Å². The van der Waals surface area contributed by atoms with E-state index in [0.29, 0.717) is 15.9 Å². The van der Waals surface area contributed by atoms with Crippen molar-refractivity contribution in [2.24, 2.45) is 0 Å². The molecule has 0 spiro atoms. The van der Waals surface area contributed by atoms with Crippen molar-refractivity contribution < 1.29 is 4.79 Å². The lowest BCUT2D eigenvalue weighted by atomic mass is 10.1. The van der Waals surface area contributed by atoms with Crippen LogP contribution in [-0.4, -0.2) is 41.0 Å². The number of nitrogens with zero attached hydrogens (tertiary/aromatic N) is 3. The fraction of sp³-hybridized carbons (Fsp3) is 0.538. The summed E-state index contributed by atoms with van der Waals surface area (Å²) in [5.41, 5.74) is 0. The van der Waals surface area contributed by atoms with E-state index < -0.39 is 0 Å². The predicted octanol–water partition coefficient (Wildman–Crippen LogP) is 2.59. The van der Waals surface area contributed by atoms with E-state index in [1.165, 1.54) is 0 Å². The van der Waals surface area contributed by atoms with Crippen LogP contribution in [0.1, 0.15) is 19.8 Å². The number of amides is 1. The Morgan fingerprint density at radius 2 is 2.16 bits per heavy atom. The quantitative estimate of drug-likeness (QED) is 0.800. The van der Waals surface area contributed by atoms with Crippen molar-refractivity contribution in [1.82, 2.24) is 9.88 Å². The van der Waals surface area contributed by atoms with Crippen molar-refractivity contribution in [3.8, 4) is 0 Å². The first-order chi connectivity index (χ1) is 9.08. The van der Waals surface area contributed by atoms with Gasteiger partial charge >= 0.3 is 0 Å². The third-order valence-corrected chi connectivity index (χ3v) is 4.44. The maximum absolute atomic E-state index is 12.4. The molecule has 0 saturated carbocycles. The Kier molecular flexibility index (Phi) is 3.31. The van der Waals surface area contributed by atoms with Gasteiger partial charge in [0.15, 0.2) is 0 Å². The van der Waals surface area contributed by atoms with Crippen LogP contribution < -0.4 is 4.90 Å². The molecule has 19 heavy (non-hydrogen) atoms. The SMILES string of the molecule is C[C@H]1C(=O)N2CCC[C@H]2CN1c1ncc(Cl)cc1Cl. The lowest BCUT2D eigenvalue weighted by Crippen LogP contribution is -2.59. The van der Waals surface area contributed by atoms with E-state index in [4.69, 9.17) is 23.2 Å². The van der Waals surface area contributed by atoms with Gasteiger partial charge in [0.2, 0.25) is 5.91 Å². The first kappa shape index (κ1) is 13.0. The smallest absolute Gasteiger partial charge is 0.245 e. The minimum Gasteiger partial charge on any atom is -0.342 e. The molecule has 2 atom stereocenters. The molecule has 6 heteroatoms. The molecule has 102 valence electrons. The molecule has 0 bridgehead atoms. The van der Waals surface area contributed by atoms with Gasteiger partial charge in [0.1, 0.15) is 11.9 Å². The van der Waals surface area contributed by atoms with E-state index >= 15 is 0 Å². The van der Waals surface area contributed by atoms with E-state index in [1.807, 2.05) is 16.7 Å². The van der Waals surface area contributed by atoms with Gasteiger partial charge in [-0.05, 0) is 25.8 Å². The van der Waals surface area contributed by atoms with Crippen LogP contribution in [0.5, 0.6) is 0 Å². The zero-order valence-electron chi connectivity index (χ0n) is 10.6. The standard InChI is InChI=1S/C13H15Cl2N3O/c1-8-13(19)17-4-2-3-10(17)7-18(8)12-11(15)5-9(14)6-16-12/h5-6,8,10H,2-4,7H2,1H3/t8-,10-/m0/s1. The van der Waals surface area contributed by atoms with Crippen LogP contribution in [-0.2, 0) is 4.79 Å². The molecule has 1 amide bonds. The molecular weight excluding hydrogens is 285 g/mol. The summed E-state index contributed by atoms with van der Waals surface area (Å²) in [6.07, 6.45) is 3.71. The highest BCUT2D eigenvalue weighted by Gasteiger charge is 2.41. The van der Waals surface area contributed by atoms with Crippen LogP contribution in [0.25, 0.3) is 0 Å². The van der Waals surface area contributed by atoms with E-state index in [2.05, 4.69) is 4.98 Å². The van der Waals surface area contributed by atoms with Gasteiger partial charge < -0.3 is 9.80 Å². The number of carbonyl (C=O) groups excluding carboxylic acids is 1. The van der Waals surface area contributed by atoms with Crippen LogP contribution >= 0.6 is 23.2 Å². The summed E-state index contributed by atoms with van der Waals surface area (Å²) in [6, 6.07) is 1.74. The maximum atomic E-state index is 12.4. The van der Waals surface area contributed by atoms with E-state index in [0.717, 1.165) is 25.9 Å². The van der Waals surface area contributed by atoms with Crippen LogP contribution in [0.15, 0.2) is 12.3 Å². The van der Waals surface area contributed by atoms with E-state index in [-0.39, 0.29) is 18.0 Å². The Labute approximate surface area is 122 Å². The number of hydrogen-bond acceptors (Lipinski definition) is 3. The Hall–Kier alpha value is -1.000. The van der Waals surface area contributed by atoms with E-state index in [1.54, 1.807) is 12.3 Å². The van der Waals surface area contributed by atoms with Gasteiger partial charge in [0, 0.05) is 25.3 Å². The second kappa shape index (κ2) is 4.84. The maximum Gasteiger partial charge on any atom is 0.245 e. The Bertz CT molecular complexity index is 523. The van der Waals surface area contributed by atoms with Crippen molar-refractivity contribution >= 4 is 34.9 Å². The van der Waals surface area contributed by atoms with Gasteiger partial charge in [-0.25, -0.2) is 4.98 Å². The highest BCUT2D eigenvalue weighted by atomic mass is 35.5. The van der Waals surface area contributed by atoms with Crippen molar-refractivity contribution in [2.45, 2.75) is 31.8 Å². The van der Waals surface area contributed by atoms with Crippen molar-refractivity contribution in [3.63, 3.8) is 0 Å². The first-order valence-corrected chi connectivity index (χ1v) is 7.21. The van der Waals surface area contributed by atoms with Crippen LogP contribution in [0.3, 0.4) is 0 Å².